The summed E-state index contributed by atoms with van der Waals surface area (Å²) in [5, 5.41) is 0. The first-order valence-electron chi connectivity index (χ1n) is 5.83. The highest BCUT2D eigenvalue weighted by Crippen LogP contribution is 2.06. The summed E-state index contributed by atoms with van der Waals surface area (Å²) in [4.78, 5) is 17.4. The molecule has 0 saturated carbocycles. The molecule has 1 fully saturated rings. The van der Waals surface area contributed by atoms with Gasteiger partial charge >= 0.3 is 5.97 Å². The van der Waals surface area contributed by atoms with Crippen molar-refractivity contribution in [2.45, 2.75) is 0 Å². The lowest BCUT2D eigenvalue weighted by molar-refractivity contribution is -0.142. The number of ether oxygens (including phenoxy) is 3. The van der Waals surface area contributed by atoms with Crippen molar-refractivity contribution >= 4 is 5.97 Å². The van der Waals surface area contributed by atoms with Gasteiger partial charge in [-0.1, -0.05) is 0 Å². The summed E-state index contributed by atoms with van der Waals surface area (Å²) < 4.78 is 15.5. The Morgan fingerprint density at radius 2 is 2.28 bits per heavy atom. The lowest BCUT2D eigenvalue weighted by Crippen LogP contribution is -2.38. The maximum Gasteiger partial charge on any atom is 0.337 e. The van der Waals surface area contributed by atoms with E-state index in [1.165, 1.54) is 6.20 Å². The van der Waals surface area contributed by atoms with Gasteiger partial charge in [-0.3, -0.25) is 9.88 Å². The van der Waals surface area contributed by atoms with E-state index in [0.717, 1.165) is 13.1 Å². The molecule has 0 amide bonds. The molecule has 1 aromatic heterocycles. The van der Waals surface area contributed by atoms with Crippen molar-refractivity contribution in [3.05, 3.63) is 24.5 Å². The molecule has 1 saturated heterocycles. The minimum absolute atomic E-state index is 0.0632. The van der Waals surface area contributed by atoms with Crippen LogP contribution >= 0.6 is 0 Å². The average molecular weight is 252 g/mol. The van der Waals surface area contributed by atoms with E-state index in [4.69, 9.17) is 14.2 Å². The Labute approximate surface area is 105 Å². The van der Waals surface area contributed by atoms with Gasteiger partial charge in [-0.15, -0.1) is 0 Å². The Bertz CT molecular complexity index is 366. The summed E-state index contributed by atoms with van der Waals surface area (Å²) in [6.07, 6.45) is 3.10. The fraction of sp³-hybridized carbons (Fsp3) is 0.500. The number of rotatable bonds is 5. The number of hydrogen-bond acceptors (Lipinski definition) is 6. The zero-order valence-corrected chi connectivity index (χ0v) is 10.1. The van der Waals surface area contributed by atoms with Crippen LogP contribution in [0.2, 0.25) is 0 Å². The van der Waals surface area contributed by atoms with E-state index in [9.17, 15) is 4.79 Å². The molecule has 98 valence electrons. The number of nitrogens with zero attached hydrogens (tertiary/aromatic N) is 2. The Balaban J connectivity index is 1.62. The third-order valence-electron chi connectivity index (χ3n) is 2.46. The number of aromatic nitrogens is 1. The van der Waals surface area contributed by atoms with Crippen LogP contribution < -0.4 is 4.74 Å². The summed E-state index contributed by atoms with van der Waals surface area (Å²) in [6, 6.07) is 3.38. The second-order valence-corrected chi connectivity index (χ2v) is 3.87. The van der Waals surface area contributed by atoms with Crippen LogP contribution in [0.15, 0.2) is 24.5 Å². The van der Waals surface area contributed by atoms with Crippen molar-refractivity contribution in [3.8, 4) is 5.75 Å². The summed E-state index contributed by atoms with van der Waals surface area (Å²) >= 11 is 0. The van der Waals surface area contributed by atoms with Gasteiger partial charge in [0.05, 0.1) is 26.1 Å². The minimum atomic E-state index is -0.420. The number of esters is 1. The van der Waals surface area contributed by atoms with Crippen LogP contribution in [0, 0.1) is 0 Å². The van der Waals surface area contributed by atoms with Crippen LogP contribution in [0.3, 0.4) is 0 Å². The molecular weight excluding hydrogens is 236 g/mol. The molecule has 0 radical (unpaired) electrons. The number of carbonyl (C=O) groups is 1. The summed E-state index contributed by atoms with van der Waals surface area (Å²) in [5.74, 6) is 0.00809. The molecule has 0 atom stereocenters. The molecule has 1 aromatic rings. The second kappa shape index (κ2) is 7.05. The lowest BCUT2D eigenvalue weighted by atomic mass is 10.5. The van der Waals surface area contributed by atoms with E-state index in [1.807, 2.05) is 0 Å². The number of pyridine rings is 1. The quantitative estimate of drug-likeness (QED) is 0.702. The molecule has 0 unspecified atom stereocenters. The standard InChI is InChI=1S/C12H16N2O4/c15-12(18-11-2-1-3-13-8-11)9-17-10-14-4-6-16-7-5-14/h1-3,8H,4-7,9-10H2. The SMILES string of the molecule is O=C(COCN1CCOCC1)Oc1cccnc1. The van der Waals surface area contributed by atoms with Gasteiger partial charge in [-0.25, -0.2) is 4.79 Å². The predicted molar refractivity (Wildman–Crippen MR) is 63.1 cm³/mol. The predicted octanol–water partition coefficient (Wildman–Crippen LogP) is 0.293. The Hall–Kier alpha value is -1.50. The fourth-order valence-corrected chi connectivity index (χ4v) is 1.56. The number of hydrogen-bond donors (Lipinski definition) is 0. The molecule has 0 spiro atoms. The first-order chi connectivity index (χ1) is 8.84. The van der Waals surface area contributed by atoms with Crippen LogP contribution in [0.1, 0.15) is 0 Å². The van der Waals surface area contributed by atoms with Crippen LogP contribution in [0.25, 0.3) is 0 Å². The molecule has 0 aromatic carbocycles. The number of morpholine rings is 1. The maximum atomic E-state index is 11.4. The molecule has 1 aliphatic rings. The van der Waals surface area contributed by atoms with E-state index in [2.05, 4.69) is 9.88 Å². The van der Waals surface area contributed by atoms with Crippen molar-refractivity contribution in [1.82, 2.24) is 9.88 Å². The number of carbonyl (C=O) groups excluding carboxylic acids is 1. The third kappa shape index (κ3) is 4.40. The molecule has 2 rings (SSSR count). The lowest BCUT2D eigenvalue weighted by Gasteiger charge is -2.25. The molecule has 1 aliphatic heterocycles. The highest BCUT2D eigenvalue weighted by molar-refractivity contribution is 5.73. The monoisotopic (exact) mass is 252 g/mol. The topological polar surface area (TPSA) is 60.9 Å². The van der Waals surface area contributed by atoms with E-state index in [-0.39, 0.29) is 6.61 Å². The molecule has 0 N–H and O–H groups in total. The van der Waals surface area contributed by atoms with Crippen molar-refractivity contribution in [2.75, 3.05) is 39.6 Å². The first kappa shape index (κ1) is 12.9. The summed E-state index contributed by atoms with van der Waals surface area (Å²) in [5.41, 5.74) is 0. The molecule has 6 nitrogen and oxygen atoms in total. The molecule has 0 aliphatic carbocycles. The van der Waals surface area contributed by atoms with Crippen LogP contribution in [0.4, 0.5) is 0 Å². The van der Waals surface area contributed by atoms with E-state index in [0.29, 0.717) is 25.7 Å². The van der Waals surface area contributed by atoms with Gasteiger partial charge in [-0.2, -0.15) is 0 Å². The Morgan fingerprint density at radius 3 is 3.00 bits per heavy atom. The third-order valence-corrected chi connectivity index (χ3v) is 2.46. The summed E-state index contributed by atoms with van der Waals surface area (Å²) in [6.45, 7) is 3.44. The maximum absolute atomic E-state index is 11.4. The van der Waals surface area contributed by atoms with E-state index >= 15 is 0 Å². The largest absolute Gasteiger partial charge is 0.423 e. The summed E-state index contributed by atoms with van der Waals surface area (Å²) in [7, 11) is 0. The second-order valence-electron chi connectivity index (χ2n) is 3.87. The van der Waals surface area contributed by atoms with Crippen molar-refractivity contribution < 1.29 is 19.0 Å². The van der Waals surface area contributed by atoms with Crippen LogP contribution in [0.5, 0.6) is 5.75 Å². The van der Waals surface area contributed by atoms with Gasteiger partial charge in [0.1, 0.15) is 12.4 Å². The van der Waals surface area contributed by atoms with Gasteiger partial charge in [0, 0.05) is 19.3 Å². The van der Waals surface area contributed by atoms with Crippen molar-refractivity contribution in [3.63, 3.8) is 0 Å². The fourth-order valence-electron chi connectivity index (χ4n) is 1.56. The van der Waals surface area contributed by atoms with Gasteiger partial charge in [0.15, 0.2) is 0 Å². The normalized spacial score (nSPS) is 16.4. The van der Waals surface area contributed by atoms with E-state index < -0.39 is 5.97 Å². The molecule has 6 heteroatoms. The van der Waals surface area contributed by atoms with Crippen LogP contribution in [-0.2, 0) is 14.3 Å². The van der Waals surface area contributed by atoms with Gasteiger partial charge in [-0.05, 0) is 12.1 Å². The molecule has 0 bridgehead atoms. The smallest absolute Gasteiger partial charge is 0.337 e. The van der Waals surface area contributed by atoms with Crippen LogP contribution in [-0.4, -0.2) is 55.5 Å². The average Bonchev–Trinajstić information content (AvgIpc) is 2.41. The first-order valence-corrected chi connectivity index (χ1v) is 5.83. The molecule has 18 heavy (non-hydrogen) atoms. The Kier molecular flexibility index (Phi) is 5.07. The molecule has 2 heterocycles. The minimum Gasteiger partial charge on any atom is -0.423 e. The van der Waals surface area contributed by atoms with Crippen molar-refractivity contribution in [1.29, 1.82) is 0 Å². The van der Waals surface area contributed by atoms with Gasteiger partial charge in [0.25, 0.3) is 0 Å². The van der Waals surface area contributed by atoms with E-state index in [1.54, 1.807) is 18.3 Å². The van der Waals surface area contributed by atoms with Gasteiger partial charge < -0.3 is 14.2 Å². The van der Waals surface area contributed by atoms with Gasteiger partial charge in [0.2, 0.25) is 0 Å². The van der Waals surface area contributed by atoms with Crippen molar-refractivity contribution in [2.24, 2.45) is 0 Å². The zero-order valence-electron chi connectivity index (χ0n) is 10.1. The Morgan fingerprint density at radius 1 is 1.44 bits per heavy atom. The molecular formula is C12H16N2O4. The highest BCUT2D eigenvalue weighted by atomic mass is 16.6. The highest BCUT2D eigenvalue weighted by Gasteiger charge is 2.11. The zero-order chi connectivity index (χ0) is 12.6.